The van der Waals surface area contributed by atoms with E-state index in [1.807, 2.05) is 6.08 Å². The number of aliphatic hydroxyl groups is 2. The summed E-state index contributed by atoms with van der Waals surface area (Å²) in [6.07, 6.45) is 37.8. The average Bonchev–Trinajstić information content (AvgIpc) is 2.92. The van der Waals surface area contributed by atoms with E-state index in [1.54, 1.807) is 6.08 Å². The van der Waals surface area contributed by atoms with Crippen molar-refractivity contribution in [3.8, 4) is 0 Å². The largest absolute Gasteiger partial charge is 0.394 e. The van der Waals surface area contributed by atoms with Crippen molar-refractivity contribution >= 4 is 5.91 Å². The van der Waals surface area contributed by atoms with E-state index in [0.717, 1.165) is 38.5 Å². The Morgan fingerprint density at radius 2 is 1.05 bits per heavy atom. The number of carbonyl (C=O) groups is 1. The quantitative estimate of drug-likeness (QED) is 0.0693. The molecule has 0 aliphatic heterocycles. The Bertz CT molecular complexity index is 584. The summed E-state index contributed by atoms with van der Waals surface area (Å²) < 4.78 is 0. The van der Waals surface area contributed by atoms with Crippen molar-refractivity contribution in [1.82, 2.24) is 5.32 Å². The molecule has 0 aliphatic rings. The second-order valence-electron chi connectivity index (χ2n) is 10.9. The lowest BCUT2D eigenvalue weighted by atomic mass is 10.1. The van der Waals surface area contributed by atoms with Gasteiger partial charge in [-0.2, -0.15) is 0 Å². The fraction of sp³-hybridized carbons (Fsp3) is 0.794. The number of nitrogens with one attached hydrogen (secondary N) is 1. The maximum Gasteiger partial charge on any atom is 0.220 e. The smallest absolute Gasteiger partial charge is 0.220 e. The lowest BCUT2D eigenvalue weighted by Crippen LogP contribution is -2.45. The molecule has 0 spiro atoms. The van der Waals surface area contributed by atoms with Crippen LogP contribution in [0.2, 0.25) is 0 Å². The first-order valence-corrected chi connectivity index (χ1v) is 16.2. The van der Waals surface area contributed by atoms with Crippen LogP contribution in [0.5, 0.6) is 0 Å². The van der Waals surface area contributed by atoms with Crippen LogP contribution in [0.1, 0.15) is 155 Å². The van der Waals surface area contributed by atoms with Crippen LogP contribution in [0.15, 0.2) is 36.5 Å². The molecule has 4 heteroatoms. The molecule has 2 atom stereocenters. The van der Waals surface area contributed by atoms with Crippen molar-refractivity contribution < 1.29 is 15.0 Å². The molecule has 0 saturated carbocycles. The molecule has 4 nitrogen and oxygen atoms in total. The van der Waals surface area contributed by atoms with Crippen LogP contribution in [0.3, 0.4) is 0 Å². The summed E-state index contributed by atoms with van der Waals surface area (Å²) in [6.45, 7) is 4.21. The Kier molecular flexibility index (Phi) is 29.1. The maximum absolute atomic E-state index is 12.2. The van der Waals surface area contributed by atoms with Crippen LogP contribution in [-0.2, 0) is 4.79 Å². The Morgan fingerprint density at radius 1 is 0.605 bits per heavy atom. The van der Waals surface area contributed by atoms with Gasteiger partial charge in [-0.15, -0.1) is 0 Å². The minimum atomic E-state index is -0.843. The molecule has 0 aliphatic carbocycles. The zero-order chi connectivity index (χ0) is 27.9. The molecule has 3 N–H and O–H groups in total. The zero-order valence-electron chi connectivity index (χ0n) is 25.2. The summed E-state index contributed by atoms with van der Waals surface area (Å²) >= 11 is 0. The summed E-state index contributed by atoms with van der Waals surface area (Å²) in [5, 5.41) is 22.8. The standard InChI is InChI=1S/C34H63NO3/c1-3-5-7-9-11-13-15-17-19-21-23-25-27-29-33(37)32(31-36)35-34(38)30-28-26-24-22-20-18-16-14-12-10-8-6-4-2/h7,9,14,16,27,29,32-33,36-37H,3-6,8,10-13,15,17-26,28,30-31H2,1-2H3,(H,35,38)/b9-7+,16-14+,29-27+/t32-,33+/m0/s1. The van der Waals surface area contributed by atoms with Gasteiger partial charge in [0.15, 0.2) is 0 Å². The maximum atomic E-state index is 12.2. The summed E-state index contributed by atoms with van der Waals surface area (Å²) in [5.41, 5.74) is 0. The number of carbonyl (C=O) groups excluding carboxylic acids is 1. The van der Waals surface area contributed by atoms with Crippen molar-refractivity contribution in [3.63, 3.8) is 0 Å². The van der Waals surface area contributed by atoms with E-state index in [-0.39, 0.29) is 12.5 Å². The molecule has 0 saturated heterocycles. The van der Waals surface area contributed by atoms with E-state index in [4.69, 9.17) is 0 Å². The van der Waals surface area contributed by atoms with Gasteiger partial charge in [0.1, 0.15) is 0 Å². The van der Waals surface area contributed by atoms with Crippen molar-refractivity contribution in [1.29, 1.82) is 0 Å². The third-order valence-corrected chi connectivity index (χ3v) is 7.07. The van der Waals surface area contributed by atoms with Crippen molar-refractivity contribution in [2.24, 2.45) is 0 Å². The topological polar surface area (TPSA) is 69.6 Å². The van der Waals surface area contributed by atoms with E-state index in [0.29, 0.717) is 6.42 Å². The lowest BCUT2D eigenvalue weighted by molar-refractivity contribution is -0.123. The van der Waals surface area contributed by atoms with Crippen LogP contribution >= 0.6 is 0 Å². The van der Waals surface area contributed by atoms with E-state index in [2.05, 4.69) is 43.5 Å². The van der Waals surface area contributed by atoms with Crippen molar-refractivity contribution in [2.45, 2.75) is 167 Å². The summed E-state index contributed by atoms with van der Waals surface area (Å²) in [6, 6.07) is -0.626. The van der Waals surface area contributed by atoms with E-state index >= 15 is 0 Å². The Balaban J connectivity index is 3.71. The van der Waals surface area contributed by atoms with E-state index in [1.165, 1.54) is 96.3 Å². The van der Waals surface area contributed by atoms with E-state index < -0.39 is 12.1 Å². The SMILES string of the molecule is CCC/C=C/CCCCCCCC/C=C/[C@@H](O)[C@H](CO)NC(=O)CCCCCCC/C=C/CCCCCC. The molecule has 0 unspecified atom stereocenters. The molecule has 38 heavy (non-hydrogen) atoms. The Morgan fingerprint density at radius 3 is 1.55 bits per heavy atom. The third-order valence-electron chi connectivity index (χ3n) is 7.07. The minimum Gasteiger partial charge on any atom is -0.394 e. The molecule has 0 aromatic rings. The lowest BCUT2D eigenvalue weighted by Gasteiger charge is -2.20. The molecule has 1 amide bonds. The first-order chi connectivity index (χ1) is 18.7. The van der Waals surface area contributed by atoms with Crippen LogP contribution < -0.4 is 5.32 Å². The molecule has 0 heterocycles. The van der Waals surface area contributed by atoms with Gasteiger partial charge in [0.05, 0.1) is 18.8 Å². The highest BCUT2D eigenvalue weighted by molar-refractivity contribution is 5.76. The molecular weight excluding hydrogens is 470 g/mol. The van der Waals surface area contributed by atoms with Crippen molar-refractivity contribution in [2.75, 3.05) is 6.61 Å². The van der Waals surface area contributed by atoms with Crippen LogP contribution in [0.4, 0.5) is 0 Å². The fourth-order valence-corrected chi connectivity index (χ4v) is 4.52. The van der Waals surface area contributed by atoms with E-state index in [9.17, 15) is 15.0 Å². The van der Waals surface area contributed by atoms with Gasteiger partial charge in [0.2, 0.25) is 5.91 Å². The average molecular weight is 534 g/mol. The summed E-state index contributed by atoms with van der Waals surface area (Å²) in [7, 11) is 0. The number of unbranched alkanes of at least 4 members (excludes halogenated alkanes) is 17. The Hall–Kier alpha value is -1.39. The molecule has 0 aromatic carbocycles. The fourth-order valence-electron chi connectivity index (χ4n) is 4.52. The molecule has 0 fully saturated rings. The molecule has 0 aromatic heterocycles. The highest BCUT2D eigenvalue weighted by Gasteiger charge is 2.17. The normalized spacial score (nSPS) is 13.7. The Labute approximate surface area is 236 Å². The molecule has 0 rings (SSSR count). The van der Waals surface area contributed by atoms with Gasteiger partial charge >= 0.3 is 0 Å². The highest BCUT2D eigenvalue weighted by atomic mass is 16.3. The number of amides is 1. The van der Waals surface area contributed by atoms with Gasteiger partial charge in [0, 0.05) is 6.42 Å². The second-order valence-corrected chi connectivity index (χ2v) is 10.9. The van der Waals surface area contributed by atoms with Gasteiger partial charge in [-0.25, -0.2) is 0 Å². The number of allylic oxidation sites excluding steroid dienone is 5. The second kappa shape index (κ2) is 30.2. The van der Waals surface area contributed by atoms with Gasteiger partial charge < -0.3 is 15.5 Å². The third kappa shape index (κ3) is 26.2. The minimum absolute atomic E-state index is 0.0802. The van der Waals surface area contributed by atoms with Gasteiger partial charge in [-0.05, 0) is 64.2 Å². The summed E-state index contributed by atoms with van der Waals surface area (Å²) in [4.78, 5) is 12.2. The zero-order valence-corrected chi connectivity index (χ0v) is 25.2. The highest BCUT2D eigenvalue weighted by Crippen LogP contribution is 2.11. The predicted molar refractivity (Wildman–Crippen MR) is 165 cm³/mol. The van der Waals surface area contributed by atoms with Crippen molar-refractivity contribution in [3.05, 3.63) is 36.5 Å². The number of hydrogen-bond acceptors (Lipinski definition) is 3. The molecule has 0 radical (unpaired) electrons. The molecular formula is C34H63NO3. The van der Waals surface area contributed by atoms with Gasteiger partial charge in [-0.1, -0.05) is 121 Å². The predicted octanol–water partition coefficient (Wildman–Crippen LogP) is 9.12. The number of aliphatic hydroxyl groups excluding tert-OH is 2. The van der Waals surface area contributed by atoms with Crippen LogP contribution in [-0.4, -0.2) is 34.9 Å². The first kappa shape index (κ1) is 36.6. The monoisotopic (exact) mass is 533 g/mol. The molecule has 0 bridgehead atoms. The number of hydrogen-bond donors (Lipinski definition) is 3. The summed E-state index contributed by atoms with van der Waals surface area (Å²) in [5.74, 6) is -0.0802. The molecule has 222 valence electrons. The van der Waals surface area contributed by atoms with Gasteiger partial charge in [-0.3, -0.25) is 4.79 Å². The number of rotatable bonds is 28. The van der Waals surface area contributed by atoms with Gasteiger partial charge in [0.25, 0.3) is 0 Å². The first-order valence-electron chi connectivity index (χ1n) is 16.2. The van der Waals surface area contributed by atoms with Crippen LogP contribution in [0.25, 0.3) is 0 Å². The van der Waals surface area contributed by atoms with Crippen LogP contribution in [0, 0.1) is 0 Å².